The number of fused-ring (bicyclic) bond motifs is 1. The Morgan fingerprint density at radius 3 is 2.46 bits per heavy atom. The van der Waals surface area contributed by atoms with Crippen LogP contribution in [0.1, 0.15) is 31.1 Å². The summed E-state index contributed by atoms with van der Waals surface area (Å²) in [6.45, 7) is 9.42. The van der Waals surface area contributed by atoms with Gasteiger partial charge in [-0.2, -0.15) is 0 Å². The van der Waals surface area contributed by atoms with Crippen LogP contribution in [0.4, 0.5) is 21.9 Å². The van der Waals surface area contributed by atoms with Crippen molar-refractivity contribution in [3.63, 3.8) is 0 Å². The van der Waals surface area contributed by atoms with Gasteiger partial charge < -0.3 is 19.9 Å². The van der Waals surface area contributed by atoms with Crippen molar-refractivity contribution >= 4 is 51.3 Å². The minimum atomic E-state index is -0.647. The predicted molar refractivity (Wildman–Crippen MR) is 159 cm³/mol. The van der Waals surface area contributed by atoms with Crippen molar-refractivity contribution in [2.75, 3.05) is 48.8 Å². The van der Waals surface area contributed by atoms with Gasteiger partial charge in [-0.25, -0.2) is 4.79 Å². The zero-order valence-corrected chi connectivity index (χ0v) is 23.5. The molecule has 0 aliphatic carbocycles. The fourth-order valence-electron chi connectivity index (χ4n) is 4.46. The molecule has 1 aliphatic heterocycles. The molecule has 1 fully saturated rings. The summed E-state index contributed by atoms with van der Waals surface area (Å²) in [6.07, 6.45) is 1.00. The van der Waals surface area contributed by atoms with Gasteiger partial charge >= 0.3 is 6.09 Å². The molecule has 202 valence electrons. The van der Waals surface area contributed by atoms with Crippen molar-refractivity contribution in [3.05, 3.63) is 71.7 Å². The maximum Gasteiger partial charge on any atom is 0.412 e. The van der Waals surface area contributed by atoms with E-state index in [1.54, 1.807) is 44.4 Å². The van der Waals surface area contributed by atoms with Gasteiger partial charge in [0.2, 0.25) is 0 Å². The largest absolute Gasteiger partial charge is 0.444 e. The first-order valence-corrected chi connectivity index (χ1v) is 13.9. The fraction of sp³-hybridized carbons (Fsp3) is 0.300. The minimum Gasteiger partial charge on any atom is -0.444 e. The molecule has 2 aromatic heterocycles. The van der Waals surface area contributed by atoms with Crippen molar-refractivity contribution in [1.82, 2.24) is 9.88 Å². The van der Waals surface area contributed by atoms with E-state index in [2.05, 4.69) is 44.6 Å². The smallest absolute Gasteiger partial charge is 0.412 e. The standard InChI is InChI=1S/C30H33N5O3S/c1-30(2,3)38-29(37)33-24-10-8-21(27-6-5-15-39-27)17-26(24)32-28(36)22-16-20-7-9-23(18-25(20)31-19-22)35-13-11-34(4)12-14-35/h5-10,15-19H,11-14H2,1-4H3,(H,32,36)(H,33,37). The van der Waals surface area contributed by atoms with E-state index in [0.29, 0.717) is 16.9 Å². The van der Waals surface area contributed by atoms with E-state index in [1.165, 1.54) is 0 Å². The van der Waals surface area contributed by atoms with Gasteiger partial charge in [-0.3, -0.25) is 15.1 Å². The van der Waals surface area contributed by atoms with Gasteiger partial charge in [0.25, 0.3) is 5.91 Å². The highest BCUT2D eigenvalue weighted by atomic mass is 32.1. The predicted octanol–water partition coefficient (Wildman–Crippen LogP) is 6.31. The number of amides is 2. The molecule has 2 amide bonds. The molecular weight excluding hydrogens is 510 g/mol. The summed E-state index contributed by atoms with van der Waals surface area (Å²) >= 11 is 1.60. The highest BCUT2D eigenvalue weighted by Crippen LogP contribution is 2.32. The lowest BCUT2D eigenvalue weighted by atomic mass is 10.1. The normalized spacial score (nSPS) is 14.3. The summed E-state index contributed by atoms with van der Waals surface area (Å²) in [4.78, 5) is 36.2. The molecule has 0 saturated carbocycles. The number of aromatic nitrogens is 1. The van der Waals surface area contributed by atoms with Crippen LogP contribution < -0.4 is 15.5 Å². The van der Waals surface area contributed by atoms with Gasteiger partial charge in [0.1, 0.15) is 5.60 Å². The first-order chi connectivity index (χ1) is 18.6. The average Bonchev–Trinajstić information content (AvgIpc) is 3.43. The van der Waals surface area contributed by atoms with Gasteiger partial charge in [0, 0.05) is 48.3 Å². The molecule has 1 saturated heterocycles. The second-order valence-electron chi connectivity index (χ2n) is 10.7. The van der Waals surface area contributed by atoms with E-state index in [-0.39, 0.29) is 5.91 Å². The molecule has 0 spiro atoms. The number of carbonyl (C=O) groups is 2. The number of carbonyl (C=O) groups excluding carboxylic acids is 2. The number of hydrogen-bond donors (Lipinski definition) is 2. The van der Waals surface area contributed by atoms with E-state index in [0.717, 1.165) is 53.2 Å². The third-order valence-corrected chi connectivity index (χ3v) is 7.43. The quantitative estimate of drug-likeness (QED) is 0.307. The van der Waals surface area contributed by atoms with Crippen LogP contribution in [0.5, 0.6) is 0 Å². The van der Waals surface area contributed by atoms with Crippen LogP contribution in [0.15, 0.2) is 66.2 Å². The molecular formula is C30H33N5O3S. The zero-order valence-electron chi connectivity index (χ0n) is 22.7. The Kier molecular flexibility index (Phi) is 7.54. The summed E-state index contributed by atoms with van der Waals surface area (Å²) in [5, 5.41) is 8.63. The molecule has 2 aromatic carbocycles. The molecule has 1 aliphatic rings. The molecule has 0 radical (unpaired) electrons. The SMILES string of the molecule is CN1CCN(c2ccc3cc(C(=O)Nc4cc(-c5cccs5)ccc4NC(=O)OC(C)(C)C)cnc3c2)CC1. The van der Waals surface area contributed by atoms with Crippen molar-refractivity contribution in [3.8, 4) is 10.4 Å². The number of ether oxygens (including phenoxy) is 1. The number of piperazine rings is 1. The van der Waals surface area contributed by atoms with Crippen molar-refractivity contribution in [1.29, 1.82) is 0 Å². The number of pyridine rings is 1. The number of thiophene rings is 1. The fourth-order valence-corrected chi connectivity index (χ4v) is 5.18. The first kappa shape index (κ1) is 26.6. The van der Waals surface area contributed by atoms with Crippen LogP contribution in [0.3, 0.4) is 0 Å². The number of hydrogen-bond acceptors (Lipinski definition) is 7. The van der Waals surface area contributed by atoms with Crippen LogP contribution in [-0.4, -0.2) is 60.7 Å². The number of benzene rings is 2. The molecule has 9 heteroatoms. The van der Waals surface area contributed by atoms with E-state index < -0.39 is 11.7 Å². The van der Waals surface area contributed by atoms with E-state index >= 15 is 0 Å². The van der Waals surface area contributed by atoms with Crippen LogP contribution in [0.2, 0.25) is 0 Å². The summed E-state index contributed by atoms with van der Waals surface area (Å²) < 4.78 is 5.42. The molecule has 8 nitrogen and oxygen atoms in total. The summed E-state index contributed by atoms with van der Waals surface area (Å²) in [5.74, 6) is -0.317. The van der Waals surface area contributed by atoms with E-state index in [1.807, 2.05) is 41.8 Å². The Morgan fingerprint density at radius 2 is 1.74 bits per heavy atom. The monoisotopic (exact) mass is 543 g/mol. The molecule has 0 atom stereocenters. The van der Waals surface area contributed by atoms with Crippen LogP contribution in [-0.2, 0) is 4.74 Å². The van der Waals surface area contributed by atoms with Gasteiger partial charge in [0.15, 0.2) is 0 Å². The number of nitrogens with one attached hydrogen (secondary N) is 2. The second-order valence-corrected chi connectivity index (χ2v) is 11.7. The molecule has 39 heavy (non-hydrogen) atoms. The molecule has 0 unspecified atom stereocenters. The highest BCUT2D eigenvalue weighted by Gasteiger charge is 2.19. The minimum absolute atomic E-state index is 0.317. The Labute approximate surface area is 232 Å². The Bertz CT molecular complexity index is 1490. The number of rotatable bonds is 5. The van der Waals surface area contributed by atoms with E-state index in [9.17, 15) is 9.59 Å². The van der Waals surface area contributed by atoms with Crippen molar-refractivity contribution in [2.45, 2.75) is 26.4 Å². The van der Waals surface area contributed by atoms with Gasteiger partial charge in [-0.1, -0.05) is 18.2 Å². The highest BCUT2D eigenvalue weighted by molar-refractivity contribution is 7.13. The third-order valence-electron chi connectivity index (χ3n) is 6.51. The summed E-state index contributed by atoms with van der Waals surface area (Å²) in [5.41, 5.74) is 3.62. The number of likely N-dealkylation sites (N-methyl/N-ethyl adjacent to an activating group) is 1. The first-order valence-electron chi connectivity index (χ1n) is 13.0. The Hall–Kier alpha value is -3.95. The number of nitrogens with zero attached hydrogens (tertiary/aromatic N) is 3. The average molecular weight is 544 g/mol. The van der Waals surface area contributed by atoms with E-state index in [4.69, 9.17) is 4.74 Å². The van der Waals surface area contributed by atoms with Gasteiger partial charge in [-0.05, 0) is 75.2 Å². The zero-order chi connectivity index (χ0) is 27.6. The summed E-state index contributed by atoms with van der Waals surface area (Å²) in [6, 6.07) is 17.5. The second kappa shape index (κ2) is 11.0. The van der Waals surface area contributed by atoms with Gasteiger partial charge in [-0.15, -0.1) is 11.3 Å². The molecule has 2 N–H and O–H groups in total. The van der Waals surface area contributed by atoms with Crippen molar-refractivity contribution in [2.24, 2.45) is 0 Å². The van der Waals surface area contributed by atoms with Crippen LogP contribution in [0.25, 0.3) is 21.3 Å². The van der Waals surface area contributed by atoms with Gasteiger partial charge in [0.05, 0.1) is 22.5 Å². The third kappa shape index (κ3) is 6.55. The summed E-state index contributed by atoms with van der Waals surface area (Å²) in [7, 11) is 2.14. The van der Waals surface area contributed by atoms with Crippen LogP contribution in [0, 0.1) is 0 Å². The lowest BCUT2D eigenvalue weighted by Crippen LogP contribution is -2.44. The Morgan fingerprint density at radius 1 is 0.949 bits per heavy atom. The molecule has 0 bridgehead atoms. The number of anilines is 3. The lowest BCUT2D eigenvalue weighted by Gasteiger charge is -2.34. The molecule has 3 heterocycles. The Balaban J connectivity index is 1.38. The lowest BCUT2D eigenvalue weighted by molar-refractivity contribution is 0.0635. The molecule has 5 rings (SSSR count). The maximum atomic E-state index is 13.4. The van der Waals surface area contributed by atoms with Crippen LogP contribution >= 0.6 is 11.3 Å². The van der Waals surface area contributed by atoms with Crippen molar-refractivity contribution < 1.29 is 14.3 Å². The topological polar surface area (TPSA) is 86.8 Å². The maximum absolute atomic E-state index is 13.4. The molecule has 4 aromatic rings.